The summed E-state index contributed by atoms with van der Waals surface area (Å²) in [6.07, 6.45) is 2.39. The maximum absolute atomic E-state index is 12.6. The molecule has 0 saturated carbocycles. The number of amides is 1. The number of nitrogens with zero attached hydrogens (tertiary/aromatic N) is 2. The molecule has 0 atom stereocenters. The van der Waals surface area contributed by atoms with Crippen molar-refractivity contribution in [3.8, 4) is 0 Å². The van der Waals surface area contributed by atoms with E-state index in [1.807, 2.05) is 54.1 Å². The first-order chi connectivity index (χ1) is 12.2. The van der Waals surface area contributed by atoms with Crippen molar-refractivity contribution in [3.63, 3.8) is 0 Å². The van der Waals surface area contributed by atoms with Crippen molar-refractivity contribution in [1.29, 1.82) is 0 Å². The number of aromatic nitrogens is 2. The first-order valence-electron chi connectivity index (χ1n) is 8.28. The van der Waals surface area contributed by atoms with Crippen LogP contribution in [0.25, 0.3) is 0 Å². The summed E-state index contributed by atoms with van der Waals surface area (Å²) in [6.45, 7) is 3.13. The molecule has 5 heteroatoms. The lowest BCUT2D eigenvalue weighted by molar-refractivity contribution is 0.0950. The molecule has 0 spiro atoms. The summed E-state index contributed by atoms with van der Waals surface area (Å²) in [6, 6.07) is 17.6. The van der Waals surface area contributed by atoms with Crippen LogP contribution in [0.5, 0.6) is 0 Å². The van der Waals surface area contributed by atoms with E-state index >= 15 is 0 Å². The van der Waals surface area contributed by atoms with Gasteiger partial charge in [0, 0.05) is 11.6 Å². The van der Waals surface area contributed by atoms with Gasteiger partial charge in [-0.2, -0.15) is 5.10 Å². The lowest BCUT2D eigenvalue weighted by Gasteiger charge is -2.09. The number of carbonyl (C=O) groups is 1. The second kappa shape index (κ2) is 7.99. The molecule has 128 valence electrons. The highest BCUT2D eigenvalue weighted by Gasteiger charge is 2.16. The molecule has 0 saturated heterocycles. The van der Waals surface area contributed by atoms with Crippen molar-refractivity contribution in [2.45, 2.75) is 26.4 Å². The Hall–Kier alpha value is -2.59. The maximum Gasteiger partial charge on any atom is 0.255 e. The highest BCUT2D eigenvalue weighted by molar-refractivity contribution is 6.30. The zero-order chi connectivity index (χ0) is 17.6. The fourth-order valence-corrected chi connectivity index (χ4v) is 3.00. The summed E-state index contributed by atoms with van der Waals surface area (Å²) in [5.74, 6) is -0.115. The minimum absolute atomic E-state index is 0.115. The van der Waals surface area contributed by atoms with Gasteiger partial charge in [0.25, 0.3) is 5.91 Å². The molecule has 1 aromatic heterocycles. The monoisotopic (exact) mass is 353 g/mol. The van der Waals surface area contributed by atoms with Crippen molar-refractivity contribution in [2.24, 2.45) is 0 Å². The van der Waals surface area contributed by atoms with Crippen molar-refractivity contribution in [2.75, 3.05) is 0 Å². The molecule has 0 radical (unpaired) electrons. The Balaban J connectivity index is 1.72. The van der Waals surface area contributed by atoms with Crippen LogP contribution in [0.1, 0.15) is 34.1 Å². The van der Waals surface area contributed by atoms with E-state index in [0.29, 0.717) is 23.7 Å². The zero-order valence-corrected chi connectivity index (χ0v) is 14.8. The van der Waals surface area contributed by atoms with Crippen molar-refractivity contribution >= 4 is 17.5 Å². The molecule has 2 aromatic carbocycles. The number of halogens is 1. The fourth-order valence-electron chi connectivity index (χ4n) is 2.79. The van der Waals surface area contributed by atoms with Crippen molar-refractivity contribution in [3.05, 3.63) is 88.2 Å². The van der Waals surface area contributed by atoms with Gasteiger partial charge in [0.1, 0.15) is 0 Å². The topological polar surface area (TPSA) is 46.9 Å². The van der Waals surface area contributed by atoms with Crippen LogP contribution in [0, 0.1) is 0 Å². The number of benzene rings is 2. The summed E-state index contributed by atoms with van der Waals surface area (Å²) < 4.78 is 1.89. The van der Waals surface area contributed by atoms with E-state index in [2.05, 4.69) is 22.5 Å². The molecule has 0 bridgehead atoms. The molecule has 25 heavy (non-hydrogen) atoms. The maximum atomic E-state index is 12.6. The summed E-state index contributed by atoms with van der Waals surface area (Å²) in [5.41, 5.74) is 3.69. The fraction of sp³-hybridized carbons (Fsp3) is 0.200. The molecule has 1 N–H and O–H groups in total. The van der Waals surface area contributed by atoms with Crippen LogP contribution in [-0.2, 0) is 19.5 Å². The first kappa shape index (κ1) is 17.2. The highest BCUT2D eigenvalue weighted by atomic mass is 35.5. The van der Waals surface area contributed by atoms with Crippen molar-refractivity contribution < 1.29 is 4.79 Å². The van der Waals surface area contributed by atoms with Gasteiger partial charge in [0.05, 0.1) is 24.0 Å². The third kappa shape index (κ3) is 4.28. The minimum atomic E-state index is -0.115. The van der Waals surface area contributed by atoms with Gasteiger partial charge in [0.15, 0.2) is 0 Å². The van der Waals surface area contributed by atoms with Crippen LogP contribution in [-0.4, -0.2) is 15.7 Å². The molecular weight excluding hydrogens is 334 g/mol. The Morgan fingerprint density at radius 1 is 1.12 bits per heavy atom. The standard InChI is InChI=1S/C20H20ClN3O/c1-2-19-18(13-23-24(19)14-15-7-4-3-5-8-15)20(25)22-12-16-9-6-10-17(21)11-16/h3-11,13H,2,12,14H2,1H3,(H,22,25). The summed E-state index contributed by atoms with van der Waals surface area (Å²) in [7, 11) is 0. The molecule has 4 nitrogen and oxygen atoms in total. The Kier molecular flexibility index (Phi) is 5.51. The van der Waals surface area contributed by atoms with E-state index in [1.54, 1.807) is 6.20 Å². The van der Waals surface area contributed by atoms with Gasteiger partial charge in [-0.15, -0.1) is 0 Å². The van der Waals surface area contributed by atoms with E-state index in [4.69, 9.17) is 11.6 Å². The number of hydrogen-bond donors (Lipinski definition) is 1. The normalized spacial score (nSPS) is 10.6. The van der Waals surface area contributed by atoms with Gasteiger partial charge in [-0.1, -0.05) is 61.0 Å². The van der Waals surface area contributed by atoms with Crippen LogP contribution < -0.4 is 5.32 Å². The molecule has 1 amide bonds. The number of rotatable bonds is 6. The van der Waals surface area contributed by atoms with Gasteiger partial charge < -0.3 is 5.32 Å². The summed E-state index contributed by atoms with van der Waals surface area (Å²) in [4.78, 5) is 12.6. The lowest BCUT2D eigenvalue weighted by Crippen LogP contribution is -2.24. The quantitative estimate of drug-likeness (QED) is 0.726. The van der Waals surface area contributed by atoms with E-state index in [1.165, 1.54) is 0 Å². The molecule has 3 aromatic rings. The van der Waals surface area contributed by atoms with Crippen LogP contribution >= 0.6 is 11.6 Å². The molecule has 0 aliphatic rings. The van der Waals surface area contributed by atoms with E-state index in [9.17, 15) is 4.79 Å². The second-order valence-corrected chi connectivity index (χ2v) is 6.25. The second-order valence-electron chi connectivity index (χ2n) is 5.81. The average Bonchev–Trinajstić information content (AvgIpc) is 3.03. The Bertz CT molecular complexity index is 858. The highest BCUT2D eigenvalue weighted by Crippen LogP contribution is 2.14. The lowest BCUT2D eigenvalue weighted by atomic mass is 10.1. The summed E-state index contributed by atoms with van der Waals surface area (Å²) in [5, 5.41) is 8.01. The van der Waals surface area contributed by atoms with E-state index < -0.39 is 0 Å². The predicted octanol–water partition coefficient (Wildman–Crippen LogP) is 4.08. The van der Waals surface area contributed by atoms with Crippen LogP contribution in [0.3, 0.4) is 0 Å². The average molecular weight is 354 g/mol. The van der Waals surface area contributed by atoms with Crippen LogP contribution in [0.15, 0.2) is 60.8 Å². The van der Waals surface area contributed by atoms with Gasteiger partial charge >= 0.3 is 0 Å². The predicted molar refractivity (Wildman–Crippen MR) is 99.8 cm³/mol. The summed E-state index contributed by atoms with van der Waals surface area (Å²) >= 11 is 5.98. The van der Waals surface area contributed by atoms with Gasteiger partial charge in [-0.25, -0.2) is 0 Å². The Morgan fingerprint density at radius 2 is 1.88 bits per heavy atom. The minimum Gasteiger partial charge on any atom is -0.348 e. The number of carbonyl (C=O) groups excluding carboxylic acids is 1. The third-order valence-electron chi connectivity index (χ3n) is 4.05. The smallest absolute Gasteiger partial charge is 0.255 e. The molecule has 0 aliphatic carbocycles. The number of nitrogens with one attached hydrogen (secondary N) is 1. The third-order valence-corrected chi connectivity index (χ3v) is 4.28. The molecule has 0 fully saturated rings. The van der Waals surface area contributed by atoms with E-state index in [0.717, 1.165) is 23.2 Å². The van der Waals surface area contributed by atoms with Crippen molar-refractivity contribution in [1.82, 2.24) is 15.1 Å². The first-order valence-corrected chi connectivity index (χ1v) is 8.66. The van der Waals surface area contributed by atoms with Crippen LogP contribution in [0.2, 0.25) is 5.02 Å². The largest absolute Gasteiger partial charge is 0.348 e. The molecule has 3 rings (SSSR count). The molecule has 1 heterocycles. The molecular formula is C20H20ClN3O. The Labute approximate surface area is 152 Å². The van der Waals surface area contributed by atoms with Gasteiger partial charge in [-0.05, 0) is 29.7 Å². The molecule has 0 unspecified atom stereocenters. The van der Waals surface area contributed by atoms with Gasteiger partial charge in [-0.3, -0.25) is 9.48 Å². The number of hydrogen-bond acceptors (Lipinski definition) is 2. The van der Waals surface area contributed by atoms with Gasteiger partial charge in [0.2, 0.25) is 0 Å². The zero-order valence-electron chi connectivity index (χ0n) is 14.1. The SMILES string of the molecule is CCc1c(C(=O)NCc2cccc(Cl)c2)cnn1Cc1ccccc1. The molecule has 0 aliphatic heterocycles. The van der Waals surface area contributed by atoms with E-state index in [-0.39, 0.29) is 5.91 Å². The Morgan fingerprint density at radius 3 is 2.60 bits per heavy atom. The van der Waals surface area contributed by atoms with Crippen LogP contribution in [0.4, 0.5) is 0 Å².